The summed E-state index contributed by atoms with van der Waals surface area (Å²) >= 11 is 0. The van der Waals surface area contributed by atoms with Gasteiger partial charge in [0.1, 0.15) is 6.54 Å². The summed E-state index contributed by atoms with van der Waals surface area (Å²) in [5.41, 5.74) is 1.76. The van der Waals surface area contributed by atoms with Crippen molar-refractivity contribution in [3.8, 4) is 0 Å². The first kappa shape index (κ1) is 20.1. The van der Waals surface area contributed by atoms with Gasteiger partial charge in [0.05, 0.1) is 23.6 Å². The van der Waals surface area contributed by atoms with Crippen molar-refractivity contribution in [3.63, 3.8) is 0 Å². The third kappa shape index (κ3) is 4.21. The second kappa shape index (κ2) is 8.67. The number of carbonyl (C=O) groups excluding carboxylic acids is 1. The smallest absolute Gasteiger partial charge is 0.332 e. The van der Waals surface area contributed by atoms with Gasteiger partial charge in [0.2, 0.25) is 5.91 Å². The molecule has 0 radical (unpaired) electrons. The Morgan fingerprint density at radius 3 is 2.60 bits per heavy atom. The van der Waals surface area contributed by atoms with E-state index in [1.165, 1.54) is 9.13 Å². The molecule has 1 atom stereocenters. The van der Waals surface area contributed by atoms with E-state index < -0.39 is 5.69 Å². The van der Waals surface area contributed by atoms with Crippen molar-refractivity contribution < 1.29 is 9.53 Å². The first-order chi connectivity index (χ1) is 14.5. The van der Waals surface area contributed by atoms with E-state index in [1.807, 2.05) is 31.2 Å². The quantitative estimate of drug-likeness (QED) is 0.677. The Morgan fingerprint density at radius 2 is 1.87 bits per heavy atom. The Bertz CT molecular complexity index is 1170. The number of hydrogen-bond donors (Lipinski definition) is 1. The predicted octanol–water partition coefficient (Wildman–Crippen LogP) is 1.97. The number of nitrogens with one attached hydrogen (secondary N) is 1. The van der Waals surface area contributed by atoms with Crippen LogP contribution in [0.2, 0.25) is 0 Å². The van der Waals surface area contributed by atoms with Gasteiger partial charge in [0.25, 0.3) is 5.56 Å². The van der Waals surface area contributed by atoms with Crippen LogP contribution in [0.15, 0.2) is 58.1 Å². The van der Waals surface area contributed by atoms with Crippen molar-refractivity contribution in [1.82, 2.24) is 14.5 Å². The van der Waals surface area contributed by atoms with Crippen molar-refractivity contribution in [2.24, 2.45) is 0 Å². The summed E-state index contributed by atoms with van der Waals surface area (Å²) in [6.07, 6.45) is 1.58. The summed E-state index contributed by atoms with van der Waals surface area (Å²) in [4.78, 5) is 38.6. The fraction of sp³-hybridized carbons (Fsp3) is 0.348. The number of nitrogens with zero attached hydrogens (tertiary/aromatic N) is 2. The molecule has 0 bridgehead atoms. The molecular formula is C23H25N3O4. The van der Waals surface area contributed by atoms with Gasteiger partial charge in [-0.3, -0.25) is 18.7 Å². The Balaban J connectivity index is 1.61. The molecule has 1 fully saturated rings. The highest BCUT2D eigenvalue weighted by Gasteiger charge is 2.21. The molecule has 7 heteroatoms. The Hall–Kier alpha value is -3.19. The van der Waals surface area contributed by atoms with Crippen molar-refractivity contribution in [3.05, 3.63) is 80.5 Å². The molecule has 4 rings (SSSR count). The molecule has 7 nitrogen and oxygen atoms in total. The molecule has 3 aromatic rings. The maximum absolute atomic E-state index is 13.1. The lowest BCUT2D eigenvalue weighted by molar-refractivity contribution is -0.121. The van der Waals surface area contributed by atoms with Gasteiger partial charge in [-0.05, 0) is 37.5 Å². The number of aryl methyl sites for hydroxylation is 1. The highest BCUT2D eigenvalue weighted by Crippen LogP contribution is 2.14. The zero-order valence-electron chi connectivity index (χ0n) is 17.0. The van der Waals surface area contributed by atoms with Crippen LogP contribution in [0.25, 0.3) is 10.9 Å². The Morgan fingerprint density at radius 1 is 1.10 bits per heavy atom. The van der Waals surface area contributed by atoms with Crippen LogP contribution in [0, 0.1) is 6.92 Å². The molecule has 1 unspecified atom stereocenters. The molecule has 2 aromatic carbocycles. The Labute approximate surface area is 173 Å². The van der Waals surface area contributed by atoms with Gasteiger partial charge in [0.15, 0.2) is 0 Å². The normalized spacial score (nSPS) is 16.1. The fourth-order valence-electron chi connectivity index (χ4n) is 3.78. The maximum atomic E-state index is 13.1. The number of ether oxygens (including phenoxy) is 1. The monoisotopic (exact) mass is 407 g/mol. The van der Waals surface area contributed by atoms with E-state index >= 15 is 0 Å². The summed E-state index contributed by atoms with van der Waals surface area (Å²) in [5.74, 6) is -0.287. The first-order valence-electron chi connectivity index (χ1n) is 10.2. The van der Waals surface area contributed by atoms with E-state index in [0.29, 0.717) is 24.1 Å². The summed E-state index contributed by atoms with van der Waals surface area (Å²) in [6, 6.07) is 14.8. The van der Waals surface area contributed by atoms with Crippen LogP contribution in [0.5, 0.6) is 0 Å². The van der Waals surface area contributed by atoms with E-state index in [4.69, 9.17) is 4.74 Å². The summed E-state index contributed by atoms with van der Waals surface area (Å²) < 4.78 is 8.18. The molecule has 156 valence electrons. The zero-order chi connectivity index (χ0) is 21.1. The van der Waals surface area contributed by atoms with Crippen molar-refractivity contribution in [2.45, 2.75) is 45.5 Å². The summed E-state index contributed by atoms with van der Waals surface area (Å²) in [5, 5.41) is 3.27. The van der Waals surface area contributed by atoms with E-state index in [2.05, 4.69) is 5.32 Å². The van der Waals surface area contributed by atoms with E-state index in [-0.39, 0.29) is 30.7 Å². The van der Waals surface area contributed by atoms with Gasteiger partial charge in [-0.25, -0.2) is 4.79 Å². The van der Waals surface area contributed by atoms with Gasteiger partial charge in [-0.2, -0.15) is 0 Å². The van der Waals surface area contributed by atoms with Crippen molar-refractivity contribution >= 4 is 16.8 Å². The van der Waals surface area contributed by atoms with Crippen LogP contribution >= 0.6 is 0 Å². The predicted molar refractivity (Wildman–Crippen MR) is 114 cm³/mol. The van der Waals surface area contributed by atoms with Crippen LogP contribution in [0.4, 0.5) is 0 Å². The van der Waals surface area contributed by atoms with Crippen LogP contribution < -0.4 is 16.6 Å². The van der Waals surface area contributed by atoms with Crippen LogP contribution in [0.1, 0.15) is 24.0 Å². The molecule has 1 aromatic heterocycles. The van der Waals surface area contributed by atoms with E-state index in [9.17, 15) is 14.4 Å². The maximum Gasteiger partial charge on any atom is 0.332 e. The molecule has 1 N–H and O–H groups in total. The second-order valence-corrected chi connectivity index (χ2v) is 7.70. The minimum atomic E-state index is -0.486. The number of fused-ring (bicyclic) bond motifs is 1. The third-order valence-electron chi connectivity index (χ3n) is 5.45. The largest absolute Gasteiger partial charge is 0.376 e. The third-order valence-corrected chi connectivity index (χ3v) is 5.45. The molecule has 1 aliphatic heterocycles. The average Bonchev–Trinajstić information content (AvgIpc) is 3.27. The van der Waals surface area contributed by atoms with Gasteiger partial charge >= 0.3 is 5.69 Å². The van der Waals surface area contributed by atoms with E-state index in [1.54, 1.807) is 24.3 Å². The number of para-hydroxylation sites is 1. The van der Waals surface area contributed by atoms with E-state index in [0.717, 1.165) is 24.0 Å². The van der Waals surface area contributed by atoms with Crippen molar-refractivity contribution in [1.29, 1.82) is 0 Å². The molecule has 2 heterocycles. The number of carbonyl (C=O) groups is 1. The minimum absolute atomic E-state index is 0.152. The number of aromatic nitrogens is 2. The van der Waals surface area contributed by atoms with Crippen molar-refractivity contribution in [2.75, 3.05) is 6.61 Å². The molecule has 30 heavy (non-hydrogen) atoms. The number of rotatable bonds is 6. The number of benzene rings is 2. The molecule has 0 saturated carbocycles. The topological polar surface area (TPSA) is 82.3 Å². The molecular weight excluding hydrogens is 382 g/mol. The van der Waals surface area contributed by atoms with Gasteiger partial charge in [-0.15, -0.1) is 0 Å². The second-order valence-electron chi connectivity index (χ2n) is 7.70. The standard InChI is InChI=1S/C23H25N3O4/c1-16-8-10-17(11-9-16)13-24-21(27)15-25-20-7-3-2-6-19(20)22(28)26(23(25)29)14-18-5-4-12-30-18/h2-3,6-11,18H,4-5,12-15H2,1H3,(H,24,27). The lowest BCUT2D eigenvalue weighted by atomic mass is 10.1. The SMILES string of the molecule is Cc1ccc(CNC(=O)Cn2c(=O)n(CC3CCCO3)c(=O)c3ccccc32)cc1. The van der Waals surface area contributed by atoms with Crippen LogP contribution in [0.3, 0.4) is 0 Å². The average molecular weight is 407 g/mol. The molecule has 1 amide bonds. The molecule has 0 aliphatic carbocycles. The highest BCUT2D eigenvalue weighted by molar-refractivity contribution is 5.81. The van der Waals surface area contributed by atoms with Gasteiger partial charge in [0, 0.05) is 13.2 Å². The molecule has 1 saturated heterocycles. The Kier molecular flexibility index (Phi) is 5.81. The lowest BCUT2D eigenvalue weighted by Crippen LogP contribution is -2.44. The molecule has 0 spiro atoms. The van der Waals surface area contributed by atoms with Crippen LogP contribution in [-0.4, -0.2) is 27.8 Å². The minimum Gasteiger partial charge on any atom is -0.376 e. The van der Waals surface area contributed by atoms with Gasteiger partial charge in [-0.1, -0.05) is 42.0 Å². The fourth-order valence-corrected chi connectivity index (χ4v) is 3.78. The molecule has 1 aliphatic rings. The summed E-state index contributed by atoms with van der Waals surface area (Å²) in [7, 11) is 0. The zero-order valence-corrected chi connectivity index (χ0v) is 17.0. The van der Waals surface area contributed by atoms with Crippen LogP contribution in [-0.2, 0) is 29.2 Å². The first-order valence-corrected chi connectivity index (χ1v) is 10.2. The number of amides is 1. The summed E-state index contributed by atoms with van der Waals surface area (Å²) in [6.45, 7) is 3.07. The van der Waals surface area contributed by atoms with Gasteiger partial charge < -0.3 is 10.1 Å². The number of hydrogen-bond acceptors (Lipinski definition) is 4. The lowest BCUT2D eigenvalue weighted by Gasteiger charge is -2.16. The highest BCUT2D eigenvalue weighted by atomic mass is 16.5.